The Hall–Kier alpha value is -2.42. The Bertz CT molecular complexity index is 970. The standard InChI is InChI=1S/C17H16ClN3O4S/c1-24-14-6-8-15(9-7-14)26(22,23)19-11-10-16-20-17(21-25-16)12-2-4-13(18)5-3-12/h2-9,19H,10-11H2,1H3. The normalized spacial score (nSPS) is 11.5. The zero-order valence-corrected chi connectivity index (χ0v) is 15.4. The maximum atomic E-state index is 12.2. The van der Waals surface area contributed by atoms with Gasteiger partial charge in [-0.3, -0.25) is 0 Å². The lowest BCUT2D eigenvalue weighted by molar-refractivity contribution is 0.379. The molecule has 0 aliphatic heterocycles. The molecule has 9 heteroatoms. The maximum Gasteiger partial charge on any atom is 0.240 e. The maximum absolute atomic E-state index is 12.2. The molecule has 0 saturated carbocycles. The van der Waals surface area contributed by atoms with Crippen LogP contribution in [0.4, 0.5) is 0 Å². The van der Waals surface area contributed by atoms with Crippen LogP contribution in [0.2, 0.25) is 5.02 Å². The van der Waals surface area contributed by atoms with E-state index in [9.17, 15) is 8.42 Å². The monoisotopic (exact) mass is 393 g/mol. The second-order valence-electron chi connectivity index (χ2n) is 5.34. The van der Waals surface area contributed by atoms with Gasteiger partial charge in [0.25, 0.3) is 0 Å². The highest BCUT2D eigenvalue weighted by Gasteiger charge is 2.15. The second-order valence-corrected chi connectivity index (χ2v) is 7.55. The molecule has 0 bridgehead atoms. The average molecular weight is 394 g/mol. The Morgan fingerprint density at radius 3 is 2.46 bits per heavy atom. The third kappa shape index (κ3) is 4.40. The molecule has 0 atom stereocenters. The molecule has 3 aromatic rings. The van der Waals surface area contributed by atoms with Gasteiger partial charge >= 0.3 is 0 Å². The smallest absolute Gasteiger partial charge is 0.240 e. The topological polar surface area (TPSA) is 94.3 Å². The van der Waals surface area contributed by atoms with Crippen molar-refractivity contribution in [3.05, 3.63) is 59.4 Å². The fraction of sp³-hybridized carbons (Fsp3) is 0.176. The number of aromatic nitrogens is 2. The van der Waals surface area contributed by atoms with Crippen LogP contribution >= 0.6 is 11.6 Å². The minimum Gasteiger partial charge on any atom is -0.497 e. The van der Waals surface area contributed by atoms with E-state index in [0.29, 0.717) is 22.5 Å². The first-order valence-electron chi connectivity index (χ1n) is 7.70. The predicted octanol–water partition coefficient (Wildman–Crippen LogP) is 2.92. The highest BCUT2D eigenvalue weighted by atomic mass is 35.5. The first kappa shape index (κ1) is 18.4. The van der Waals surface area contributed by atoms with Crippen LogP contribution in [-0.2, 0) is 16.4 Å². The molecule has 0 saturated heterocycles. The number of benzene rings is 2. The molecular weight excluding hydrogens is 378 g/mol. The van der Waals surface area contributed by atoms with Crippen LogP contribution in [0.15, 0.2) is 57.9 Å². The number of halogens is 1. The van der Waals surface area contributed by atoms with Crippen molar-refractivity contribution < 1.29 is 17.7 Å². The predicted molar refractivity (Wildman–Crippen MR) is 96.6 cm³/mol. The largest absolute Gasteiger partial charge is 0.497 e. The zero-order valence-electron chi connectivity index (χ0n) is 13.8. The first-order chi connectivity index (χ1) is 12.5. The minimum atomic E-state index is -3.62. The van der Waals surface area contributed by atoms with Gasteiger partial charge in [-0.2, -0.15) is 4.98 Å². The SMILES string of the molecule is COc1ccc(S(=O)(=O)NCCc2nc(-c3ccc(Cl)cc3)no2)cc1. The lowest BCUT2D eigenvalue weighted by Crippen LogP contribution is -2.26. The third-order valence-corrected chi connectivity index (χ3v) is 5.30. The van der Waals surface area contributed by atoms with Crippen molar-refractivity contribution in [3.8, 4) is 17.1 Å². The van der Waals surface area contributed by atoms with Gasteiger partial charge in [-0.25, -0.2) is 13.1 Å². The van der Waals surface area contributed by atoms with Crippen molar-refractivity contribution in [1.29, 1.82) is 0 Å². The Kier molecular flexibility index (Phi) is 5.55. The van der Waals surface area contributed by atoms with E-state index in [2.05, 4.69) is 14.9 Å². The molecule has 0 fully saturated rings. The first-order valence-corrected chi connectivity index (χ1v) is 9.56. The summed E-state index contributed by atoms with van der Waals surface area (Å²) < 4.78 is 37.2. The minimum absolute atomic E-state index is 0.136. The van der Waals surface area contributed by atoms with Crippen molar-refractivity contribution in [1.82, 2.24) is 14.9 Å². The molecule has 0 spiro atoms. The summed E-state index contributed by atoms with van der Waals surface area (Å²) in [6.07, 6.45) is 0.274. The molecule has 1 N–H and O–H groups in total. The molecule has 0 radical (unpaired) electrons. The van der Waals surface area contributed by atoms with Gasteiger partial charge in [0.15, 0.2) is 0 Å². The van der Waals surface area contributed by atoms with Gasteiger partial charge in [-0.15, -0.1) is 0 Å². The Morgan fingerprint density at radius 1 is 1.12 bits per heavy atom. The Morgan fingerprint density at radius 2 is 1.81 bits per heavy atom. The summed E-state index contributed by atoms with van der Waals surface area (Å²) in [5, 5.41) is 4.50. The summed E-state index contributed by atoms with van der Waals surface area (Å²) in [7, 11) is -2.10. The zero-order chi connectivity index (χ0) is 18.6. The van der Waals surface area contributed by atoms with E-state index >= 15 is 0 Å². The van der Waals surface area contributed by atoms with Gasteiger partial charge in [-0.05, 0) is 48.5 Å². The highest BCUT2D eigenvalue weighted by molar-refractivity contribution is 7.89. The number of hydrogen-bond donors (Lipinski definition) is 1. The number of ether oxygens (including phenoxy) is 1. The number of nitrogens with one attached hydrogen (secondary N) is 1. The van der Waals surface area contributed by atoms with E-state index in [1.54, 1.807) is 36.4 Å². The van der Waals surface area contributed by atoms with E-state index < -0.39 is 10.0 Å². The molecule has 136 valence electrons. The van der Waals surface area contributed by atoms with E-state index in [1.165, 1.54) is 19.2 Å². The van der Waals surface area contributed by atoms with E-state index in [-0.39, 0.29) is 17.9 Å². The van der Waals surface area contributed by atoms with Crippen LogP contribution in [0.25, 0.3) is 11.4 Å². The van der Waals surface area contributed by atoms with E-state index in [0.717, 1.165) is 5.56 Å². The second kappa shape index (κ2) is 7.86. The van der Waals surface area contributed by atoms with Crippen LogP contribution in [0, 0.1) is 0 Å². The van der Waals surface area contributed by atoms with Crippen molar-refractivity contribution in [3.63, 3.8) is 0 Å². The Balaban J connectivity index is 1.60. The summed E-state index contributed by atoms with van der Waals surface area (Å²) >= 11 is 5.85. The van der Waals surface area contributed by atoms with Gasteiger partial charge in [0.2, 0.25) is 21.7 Å². The molecule has 0 unspecified atom stereocenters. The highest BCUT2D eigenvalue weighted by Crippen LogP contribution is 2.19. The quantitative estimate of drug-likeness (QED) is 0.663. The van der Waals surface area contributed by atoms with E-state index in [4.69, 9.17) is 20.9 Å². The van der Waals surface area contributed by atoms with Crippen molar-refractivity contribution in [2.75, 3.05) is 13.7 Å². The molecule has 0 amide bonds. The van der Waals surface area contributed by atoms with Gasteiger partial charge in [0.05, 0.1) is 12.0 Å². The van der Waals surface area contributed by atoms with Gasteiger partial charge in [0, 0.05) is 23.6 Å². The third-order valence-electron chi connectivity index (χ3n) is 3.57. The average Bonchev–Trinajstić information content (AvgIpc) is 3.11. The van der Waals surface area contributed by atoms with Crippen molar-refractivity contribution in [2.24, 2.45) is 0 Å². The molecule has 2 aromatic carbocycles. The summed E-state index contributed by atoms with van der Waals surface area (Å²) in [5.74, 6) is 1.35. The number of rotatable bonds is 7. The van der Waals surface area contributed by atoms with Crippen LogP contribution < -0.4 is 9.46 Å². The Labute approximate surface area is 156 Å². The number of nitrogens with zero attached hydrogens (tertiary/aromatic N) is 2. The number of methoxy groups -OCH3 is 1. The molecule has 26 heavy (non-hydrogen) atoms. The molecule has 0 aliphatic carbocycles. The summed E-state index contributed by atoms with van der Waals surface area (Å²) in [5.41, 5.74) is 0.767. The van der Waals surface area contributed by atoms with Crippen LogP contribution in [0.5, 0.6) is 5.75 Å². The van der Waals surface area contributed by atoms with Crippen LogP contribution in [-0.4, -0.2) is 32.2 Å². The lowest BCUT2D eigenvalue weighted by Gasteiger charge is -2.06. The number of hydrogen-bond acceptors (Lipinski definition) is 6. The molecule has 0 aliphatic rings. The van der Waals surface area contributed by atoms with Gasteiger partial charge in [-0.1, -0.05) is 16.8 Å². The molecule has 1 aromatic heterocycles. The lowest BCUT2D eigenvalue weighted by atomic mass is 10.2. The molecule has 3 rings (SSSR count). The number of sulfonamides is 1. The van der Waals surface area contributed by atoms with Crippen LogP contribution in [0.1, 0.15) is 5.89 Å². The molecular formula is C17H16ClN3O4S. The van der Waals surface area contributed by atoms with Crippen LogP contribution in [0.3, 0.4) is 0 Å². The fourth-order valence-electron chi connectivity index (χ4n) is 2.20. The molecule has 1 heterocycles. The van der Waals surface area contributed by atoms with Crippen molar-refractivity contribution in [2.45, 2.75) is 11.3 Å². The van der Waals surface area contributed by atoms with Crippen molar-refractivity contribution >= 4 is 21.6 Å². The summed E-state index contributed by atoms with van der Waals surface area (Å²) in [4.78, 5) is 4.41. The van der Waals surface area contributed by atoms with Gasteiger partial charge in [0.1, 0.15) is 5.75 Å². The van der Waals surface area contributed by atoms with E-state index in [1.807, 2.05) is 0 Å². The van der Waals surface area contributed by atoms with Gasteiger partial charge < -0.3 is 9.26 Å². The fourth-order valence-corrected chi connectivity index (χ4v) is 3.36. The molecule has 7 nitrogen and oxygen atoms in total. The summed E-state index contributed by atoms with van der Waals surface area (Å²) in [6, 6.07) is 13.2. The summed E-state index contributed by atoms with van der Waals surface area (Å²) in [6.45, 7) is 0.136.